The Kier molecular flexibility index (Phi) is 5.27. The van der Waals surface area contributed by atoms with Crippen molar-refractivity contribution in [3.63, 3.8) is 0 Å². The van der Waals surface area contributed by atoms with E-state index in [0.29, 0.717) is 30.0 Å². The molecule has 1 saturated heterocycles. The third kappa shape index (κ3) is 4.00. The van der Waals surface area contributed by atoms with Crippen LogP contribution in [-0.4, -0.2) is 39.0 Å². The van der Waals surface area contributed by atoms with E-state index in [9.17, 15) is 9.18 Å². The summed E-state index contributed by atoms with van der Waals surface area (Å²) in [6, 6.07) is 12.2. The minimum absolute atomic E-state index is 0.107. The van der Waals surface area contributed by atoms with E-state index in [2.05, 4.69) is 15.5 Å². The van der Waals surface area contributed by atoms with Crippen molar-refractivity contribution in [2.75, 3.05) is 42.3 Å². The van der Waals surface area contributed by atoms with E-state index in [-0.39, 0.29) is 18.0 Å². The van der Waals surface area contributed by atoms with Crippen LogP contribution in [0.1, 0.15) is 12.0 Å². The lowest BCUT2D eigenvalue weighted by Gasteiger charge is -2.21. The molecule has 2 aliphatic rings. The topological polar surface area (TPSA) is 62.8 Å². The minimum Gasteiger partial charge on any atom is -0.374 e. The molecule has 0 radical (unpaired) electrons. The van der Waals surface area contributed by atoms with Crippen molar-refractivity contribution in [2.24, 2.45) is 0 Å². The Morgan fingerprint density at radius 3 is 2.71 bits per heavy atom. The highest BCUT2D eigenvalue weighted by molar-refractivity contribution is 6.31. The van der Waals surface area contributed by atoms with Gasteiger partial charge in [0.2, 0.25) is 0 Å². The number of nitrogens with zero attached hydrogens (tertiary/aromatic N) is 1. The first kappa shape index (κ1) is 18.5. The molecule has 0 saturated carbocycles. The predicted molar refractivity (Wildman–Crippen MR) is 107 cm³/mol. The second-order valence-corrected chi connectivity index (χ2v) is 6.77. The number of halogens is 1. The van der Waals surface area contributed by atoms with Gasteiger partial charge in [0, 0.05) is 43.2 Å². The van der Waals surface area contributed by atoms with E-state index in [1.54, 1.807) is 12.3 Å². The summed E-state index contributed by atoms with van der Waals surface area (Å²) in [6.45, 7) is 2.17. The molecule has 7 heteroatoms. The van der Waals surface area contributed by atoms with Crippen LogP contribution in [0.5, 0.6) is 0 Å². The first-order valence-electron chi connectivity index (χ1n) is 9.22. The maximum atomic E-state index is 13.3. The highest BCUT2D eigenvalue weighted by Crippen LogP contribution is 2.32. The summed E-state index contributed by atoms with van der Waals surface area (Å²) >= 11 is 0. The van der Waals surface area contributed by atoms with E-state index >= 15 is 0 Å². The zero-order valence-corrected chi connectivity index (χ0v) is 15.6. The average Bonchev–Trinajstić information content (AvgIpc) is 3.31. The molecular formula is C21H22FN3O3. The number of fused-ring (bicyclic) bond motifs is 1. The monoisotopic (exact) mass is 383 g/mol. The number of carbonyl (C=O) groups is 1. The van der Waals surface area contributed by atoms with Gasteiger partial charge in [-0.1, -0.05) is 0 Å². The summed E-state index contributed by atoms with van der Waals surface area (Å²) in [4.78, 5) is 14.3. The van der Waals surface area contributed by atoms with Crippen molar-refractivity contribution in [1.82, 2.24) is 0 Å². The van der Waals surface area contributed by atoms with Crippen LogP contribution in [0.15, 0.2) is 48.7 Å². The fourth-order valence-corrected chi connectivity index (χ4v) is 3.28. The maximum absolute atomic E-state index is 13.3. The molecular weight excluding hydrogens is 361 g/mol. The molecule has 146 valence electrons. The Morgan fingerprint density at radius 2 is 1.96 bits per heavy atom. The fraction of sp³-hybridized carbons (Fsp3) is 0.286. The maximum Gasteiger partial charge on any atom is 0.257 e. The van der Waals surface area contributed by atoms with Gasteiger partial charge in [-0.3, -0.25) is 4.79 Å². The number of amides is 1. The second kappa shape index (κ2) is 8.00. The Balaban J connectivity index is 1.38. The summed E-state index contributed by atoms with van der Waals surface area (Å²) in [6.07, 6.45) is 2.36. The first-order chi connectivity index (χ1) is 13.6. The van der Waals surface area contributed by atoms with Crippen molar-refractivity contribution in [2.45, 2.75) is 12.7 Å². The summed E-state index contributed by atoms with van der Waals surface area (Å²) in [7, 11) is 2.03. The number of ether oxygens (including phenoxy) is 2. The van der Waals surface area contributed by atoms with Crippen LogP contribution in [-0.2, 0) is 14.3 Å². The smallest absolute Gasteiger partial charge is 0.257 e. The molecule has 2 aliphatic heterocycles. The number of carbonyl (C=O) groups excluding carboxylic acids is 1. The SMILES string of the molecule is CN(CCC1OCCO1)c1ccc(NC=C2C(=O)Nc3cc(F)ccc32)cc1. The Bertz CT molecular complexity index is 892. The molecule has 0 bridgehead atoms. The molecule has 0 unspecified atom stereocenters. The van der Waals surface area contributed by atoms with Crippen molar-refractivity contribution >= 4 is 28.5 Å². The lowest BCUT2D eigenvalue weighted by molar-refractivity contribution is -0.110. The number of nitrogens with one attached hydrogen (secondary N) is 2. The standard InChI is InChI=1S/C21H22FN3O3/c1-25(9-8-20-27-10-11-28-20)16-5-3-15(4-6-16)23-13-18-17-7-2-14(22)12-19(17)24-21(18)26/h2-7,12-13,20,23H,8-11H2,1H3,(H,24,26). The summed E-state index contributed by atoms with van der Waals surface area (Å²) in [5.41, 5.74) is 3.59. The molecule has 1 fully saturated rings. The van der Waals surface area contributed by atoms with Gasteiger partial charge in [-0.05, 0) is 42.5 Å². The van der Waals surface area contributed by atoms with Crippen molar-refractivity contribution in [3.8, 4) is 0 Å². The van der Waals surface area contributed by atoms with Crippen LogP contribution in [0.2, 0.25) is 0 Å². The van der Waals surface area contributed by atoms with Gasteiger partial charge >= 0.3 is 0 Å². The van der Waals surface area contributed by atoms with Crippen LogP contribution in [0.3, 0.4) is 0 Å². The Hall–Kier alpha value is -2.90. The van der Waals surface area contributed by atoms with E-state index in [0.717, 1.165) is 24.3 Å². The van der Waals surface area contributed by atoms with E-state index < -0.39 is 0 Å². The van der Waals surface area contributed by atoms with Crippen LogP contribution in [0.25, 0.3) is 5.57 Å². The highest BCUT2D eigenvalue weighted by Gasteiger charge is 2.24. The summed E-state index contributed by atoms with van der Waals surface area (Å²) in [5.74, 6) is -0.625. The predicted octanol–water partition coefficient (Wildman–Crippen LogP) is 3.43. The van der Waals surface area contributed by atoms with Crippen molar-refractivity contribution in [3.05, 3.63) is 60.0 Å². The molecule has 4 rings (SSSR count). The highest BCUT2D eigenvalue weighted by atomic mass is 19.1. The second-order valence-electron chi connectivity index (χ2n) is 6.77. The summed E-state index contributed by atoms with van der Waals surface area (Å²) in [5, 5.41) is 5.81. The number of hydrogen-bond donors (Lipinski definition) is 2. The van der Waals surface area contributed by atoms with E-state index in [4.69, 9.17) is 9.47 Å². The number of benzene rings is 2. The van der Waals surface area contributed by atoms with Crippen molar-refractivity contribution in [1.29, 1.82) is 0 Å². The van der Waals surface area contributed by atoms with Gasteiger partial charge in [-0.15, -0.1) is 0 Å². The largest absolute Gasteiger partial charge is 0.374 e. The molecule has 0 aliphatic carbocycles. The molecule has 1 amide bonds. The average molecular weight is 383 g/mol. The normalized spacial score (nSPS) is 17.6. The number of hydrogen-bond acceptors (Lipinski definition) is 5. The van der Waals surface area contributed by atoms with Gasteiger partial charge in [-0.25, -0.2) is 4.39 Å². The minimum atomic E-state index is -0.376. The van der Waals surface area contributed by atoms with Crippen molar-refractivity contribution < 1.29 is 18.7 Å². The lowest BCUT2D eigenvalue weighted by atomic mass is 10.1. The summed E-state index contributed by atoms with van der Waals surface area (Å²) < 4.78 is 24.2. The Morgan fingerprint density at radius 1 is 1.21 bits per heavy atom. The fourth-order valence-electron chi connectivity index (χ4n) is 3.28. The molecule has 2 aromatic rings. The Labute approximate surface area is 162 Å². The van der Waals surface area contributed by atoms with Crippen LogP contribution < -0.4 is 15.5 Å². The van der Waals surface area contributed by atoms with Gasteiger partial charge in [0.25, 0.3) is 5.91 Å². The zero-order chi connectivity index (χ0) is 19.5. The number of rotatable bonds is 6. The molecule has 2 heterocycles. The van der Waals surface area contributed by atoms with E-state index in [1.165, 1.54) is 12.1 Å². The van der Waals surface area contributed by atoms with Gasteiger partial charge in [-0.2, -0.15) is 0 Å². The zero-order valence-electron chi connectivity index (χ0n) is 15.6. The molecule has 28 heavy (non-hydrogen) atoms. The lowest BCUT2D eigenvalue weighted by Crippen LogP contribution is -2.23. The molecule has 0 aromatic heterocycles. The van der Waals surface area contributed by atoms with E-state index in [1.807, 2.05) is 31.3 Å². The van der Waals surface area contributed by atoms with Crippen LogP contribution in [0, 0.1) is 5.82 Å². The van der Waals surface area contributed by atoms with Crippen LogP contribution >= 0.6 is 0 Å². The third-order valence-corrected chi connectivity index (χ3v) is 4.85. The quantitative estimate of drug-likeness (QED) is 0.749. The van der Waals surface area contributed by atoms with Gasteiger partial charge in [0.15, 0.2) is 6.29 Å². The van der Waals surface area contributed by atoms with Gasteiger partial charge < -0.3 is 25.0 Å². The first-order valence-corrected chi connectivity index (χ1v) is 9.22. The molecule has 2 N–H and O–H groups in total. The third-order valence-electron chi connectivity index (χ3n) is 4.85. The molecule has 2 aromatic carbocycles. The van der Waals surface area contributed by atoms with Gasteiger partial charge in [0.1, 0.15) is 5.82 Å². The number of anilines is 3. The van der Waals surface area contributed by atoms with Gasteiger partial charge in [0.05, 0.1) is 24.5 Å². The molecule has 0 atom stereocenters. The molecule has 0 spiro atoms. The molecule has 6 nitrogen and oxygen atoms in total. The van der Waals surface area contributed by atoms with Crippen LogP contribution in [0.4, 0.5) is 21.5 Å².